The Morgan fingerprint density at radius 2 is 1.58 bits per heavy atom. The van der Waals surface area contributed by atoms with Crippen LogP contribution in [0.15, 0.2) is 24.3 Å². The summed E-state index contributed by atoms with van der Waals surface area (Å²) >= 11 is 0. The van der Waals surface area contributed by atoms with Gasteiger partial charge < -0.3 is 0 Å². The zero-order valence-electron chi connectivity index (χ0n) is 12.5. The topological polar surface area (TPSA) is 0 Å². The summed E-state index contributed by atoms with van der Waals surface area (Å²) in [6.07, 6.45) is 1.33. The third-order valence-electron chi connectivity index (χ3n) is 3.77. The molecule has 2 rings (SSSR count). The summed E-state index contributed by atoms with van der Waals surface area (Å²) < 4.78 is 26.3. The van der Waals surface area contributed by atoms with Crippen LogP contribution in [0.5, 0.6) is 0 Å². The molecule has 1 aliphatic rings. The van der Waals surface area contributed by atoms with Crippen LogP contribution in [-0.2, 0) is 0 Å². The molecule has 1 saturated carbocycles. The van der Waals surface area contributed by atoms with Crippen molar-refractivity contribution in [3.8, 4) is 0 Å². The molecule has 0 aromatic heterocycles. The zero-order valence-corrected chi connectivity index (χ0v) is 12.5. The van der Waals surface area contributed by atoms with E-state index in [1.165, 1.54) is 11.1 Å². The highest BCUT2D eigenvalue weighted by Crippen LogP contribution is 2.42. The minimum absolute atomic E-state index is 0.0457. The third-order valence-corrected chi connectivity index (χ3v) is 3.77. The lowest BCUT2D eigenvalue weighted by Gasteiger charge is -2.30. The van der Waals surface area contributed by atoms with Crippen molar-refractivity contribution in [3.63, 3.8) is 0 Å². The van der Waals surface area contributed by atoms with Gasteiger partial charge in [0, 0.05) is 12.8 Å². The minimum Gasteiger partial charge on any atom is -0.207 e. The average Bonchev–Trinajstić information content (AvgIpc) is 2.41. The fourth-order valence-corrected chi connectivity index (χ4v) is 2.76. The molecule has 0 aliphatic heterocycles. The Kier molecular flexibility index (Phi) is 5.96. The predicted molar refractivity (Wildman–Crippen MR) is 78.0 cm³/mol. The molecule has 0 radical (unpaired) electrons. The van der Waals surface area contributed by atoms with Crippen molar-refractivity contribution in [1.82, 2.24) is 0 Å². The van der Waals surface area contributed by atoms with Crippen molar-refractivity contribution in [2.75, 3.05) is 0 Å². The van der Waals surface area contributed by atoms with E-state index in [2.05, 4.69) is 26.0 Å². The molecule has 0 bridgehead atoms. The largest absolute Gasteiger partial charge is 0.248 e. The summed E-state index contributed by atoms with van der Waals surface area (Å²) in [5, 5.41) is 0. The van der Waals surface area contributed by atoms with E-state index in [0.29, 0.717) is 24.7 Å². The molecular formula is C17H26F2. The molecular weight excluding hydrogens is 242 g/mol. The first-order valence-electron chi connectivity index (χ1n) is 7.46. The molecule has 0 nitrogen and oxygen atoms in total. The minimum atomic E-state index is -2.43. The van der Waals surface area contributed by atoms with Crippen LogP contribution in [-0.4, -0.2) is 5.92 Å². The molecule has 108 valence electrons. The molecule has 0 amide bonds. The van der Waals surface area contributed by atoms with Crippen molar-refractivity contribution in [2.24, 2.45) is 0 Å². The smallest absolute Gasteiger partial charge is 0.207 e. The van der Waals surface area contributed by atoms with Gasteiger partial charge in [0.25, 0.3) is 0 Å². The fourth-order valence-electron chi connectivity index (χ4n) is 2.76. The zero-order chi connectivity index (χ0) is 14.5. The molecule has 0 atom stereocenters. The first kappa shape index (κ1) is 16.1. The standard InChI is InChI=1S/C15H20F2.C2H6/c1-11(2)13-5-3-4-6-14(13)12-7-9-15(16,17)10-8-12;1-2/h3-6,11-12H,7-10H2,1-2H3;1-2H3. The molecule has 1 aromatic carbocycles. The molecule has 0 N–H and O–H groups in total. The van der Waals surface area contributed by atoms with E-state index in [4.69, 9.17) is 0 Å². The van der Waals surface area contributed by atoms with Crippen LogP contribution in [0.3, 0.4) is 0 Å². The lowest BCUT2D eigenvalue weighted by atomic mass is 9.79. The Labute approximate surface area is 116 Å². The number of rotatable bonds is 2. The van der Waals surface area contributed by atoms with Crippen molar-refractivity contribution < 1.29 is 8.78 Å². The van der Waals surface area contributed by atoms with E-state index in [1.54, 1.807) is 0 Å². The number of alkyl halides is 2. The number of hydrogen-bond donors (Lipinski definition) is 0. The Bertz CT molecular complexity index is 373. The van der Waals surface area contributed by atoms with Crippen molar-refractivity contribution in [2.45, 2.75) is 71.1 Å². The quantitative estimate of drug-likeness (QED) is 0.605. The van der Waals surface area contributed by atoms with Crippen molar-refractivity contribution in [1.29, 1.82) is 0 Å². The van der Waals surface area contributed by atoms with Crippen LogP contribution in [0.25, 0.3) is 0 Å². The van der Waals surface area contributed by atoms with Crippen LogP contribution < -0.4 is 0 Å². The highest BCUT2D eigenvalue weighted by Gasteiger charge is 2.35. The van der Waals surface area contributed by atoms with Crippen molar-refractivity contribution >= 4 is 0 Å². The maximum atomic E-state index is 13.2. The summed E-state index contributed by atoms with van der Waals surface area (Å²) in [5.41, 5.74) is 2.61. The van der Waals surface area contributed by atoms with Crippen molar-refractivity contribution in [3.05, 3.63) is 35.4 Å². The molecule has 2 heteroatoms. The van der Waals surface area contributed by atoms with Gasteiger partial charge in [-0.05, 0) is 35.8 Å². The summed E-state index contributed by atoms with van der Waals surface area (Å²) in [6, 6.07) is 8.31. The molecule has 19 heavy (non-hydrogen) atoms. The molecule has 0 heterocycles. The van der Waals surface area contributed by atoms with Gasteiger partial charge >= 0.3 is 0 Å². The molecule has 1 aromatic rings. The van der Waals surface area contributed by atoms with Gasteiger partial charge in [-0.2, -0.15) is 0 Å². The first-order valence-corrected chi connectivity index (χ1v) is 7.46. The predicted octanol–water partition coefficient (Wildman–Crippen LogP) is 6.13. The first-order chi connectivity index (χ1) is 8.99. The Hall–Kier alpha value is -0.920. The molecule has 0 saturated heterocycles. The number of hydrogen-bond acceptors (Lipinski definition) is 0. The van der Waals surface area contributed by atoms with Gasteiger partial charge in [-0.25, -0.2) is 8.78 Å². The monoisotopic (exact) mass is 268 g/mol. The van der Waals surface area contributed by atoms with Gasteiger partial charge in [-0.3, -0.25) is 0 Å². The molecule has 0 spiro atoms. The van der Waals surface area contributed by atoms with Crippen LogP contribution in [0.1, 0.15) is 76.3 Å². The summed E-state index contributed by atoms with van der Waals surface area (Å²) in [4.78, 5) is 0. The van der Waals surface area contributed by atoms with Crippen LogP contribution in [0.4, 0.5) is 8.78 Å². The number of benzene rings is 1. The van der Waals surface area contributed by atoms with Gasteiger partial charge in [0.1, 0.15) is 0 Å². The van der Waals surface area contributed by atoms with Gasteiger partial charge in [-0.1, -0.05) is 52.0 Å². The summed E-state index contributed by atoms with van der Waals surface area (Å²) in [7, 11) is 0. The lowest BCUT2D eigenvalue weighted by molar-refractivity contribution is -0.0382. The highest BCUT2D eigenvalue weighted by atomic mass is 19.3. The van der Waals surface area contributed by atoms with E-state index in [-0.39, 0.29) is 12.8 Å². The second-order valence-electron chi connectivity index (χ2n) is 5.41. The number of halogens is 2. The third kappa shape index (κ3) is 4.29. The lowest BCUT2D eigenvalue weighted by Crippen LogP contribution is -2.24. The van der Waals surface area contributed by atoms with E-state index in [0.717, 1.165) is 0 Å². The SMILES string of the molecule is CC.CC(C)c1ccccc1C1CCC(F)(F)CC1. The van der Waals surface area contributed by atoms with Crippen LogP contribution in [0, 0.1) is 0 Å². The second kappa shape index (κ2) is 7.02. The molecule has 1 aliphatic carbocycles. The van der Waals surface area contributed by atoms with E-state index in [9.17, 15) is 8.78 Å². The molecule has 1 fully saturated rings. The van der Waals surface area contributed by atoms with Gasteiger partial charge in [0.2, 0.25) is 5.92 Å². The normalized spacial score (nSPS) is 18.9. The fraction of sp³-hybridized carbons (Fsp3) is 0.647. The van der Waals surface area contributed by atoms with Crippen LogP contribution in [0.2, 0.25) is 0 Å². The van der Waals surface area contributed by atoms with Gasteiger partial charge in [0.15, 0.2) is 0 Å². The van der Waals surface area contributed by atoms with Crippen LogP contribution >= 0.6 is 0 Å². The Morgan fingerprint density at radius 1 is 1.05 bits per heavy atom. The van der Waals surface area contributed by atoms with Gasteiger partial charge in [-0.15, -0.1) is 0 Å². The maximum absolute atomic E-state index is 13.2. The molecule has 0 unspecified atom stereocenters. The Balaban J connectivity index is 0.000000861. The van der Waals surface area contributed by atoms with Gasteiger partial charge in [0.05, 0.1) is 0 Å². The van der Waals surface area contributed by atoms with E-state index >= 15 is 0 Å². The van der Waals surface area contributed by atoms with E-state index in [1.807, 2.05) is 26.0 Å². The maximum Gasteiger partial charge on any atom is 0.248 e. The van der Waals surface area contributed by atoms with E-state index < -0.39 is 5.92 Å². The average molecular weight is 268 g/mol. The highest BCUT2D eigenvalue weighted by molar-refractivity contribution is 5.33. The summed E-state index contributed by atoms with van der Waals surface area (Å²) in [5.74, 6) is -1.63. The summed E-state index contributed by atoms with van der Waals surface area (Å²) in [6.45, 7) is 8.33. The Morgan fingerprint density at radius 3 is 2.11 bits per heavy atom. The second-order valence-corrected chi connectivity index (χ2v) is 5.41.